The SMILES string of the molecule is CCCCC(NCC(C)OCC)c1ccccc1. The maximum Gasteiger partial charge on any atom is 0.0671 e. The van der Waals surface area contributed by atoms with Crippen LogP contribution in [0.3, 0.4) is 0 Å². The summed E-state index contributed by atoms with van der Waals surface area (Å²) < 4.78 is 5.57. The van der Waals surface area contributed by atoms with Gasteiger partial charge in [0.1, 0.15) is 0 Å². The quantitative estimate of drug-likeness (QED) is 0.716. The lowest BCUT2D eigenvalue weighted by Gasteiger charge is -2.21. The van der Waals surface area contributed by atoms with E-state index in [1.54, 1.807) is 0 Å². The summed E-state index contributed by atoms with van der Waals surface area (Å²) in [5.41, 5.74) is 1.38. The third-order valence-corrected chi connectivity index (χ3v) is 3.15. The van der Waals surface area contributed by atoms with E-state index in [9.17, 15) is 0 Å². The lowest BCUT2D eigenvalue weighted by Crippen LogP contribution is -2.30. The zero-order chi connectivity index (χ0) is 13.2. The monoisotopic (exact) mass is 249 g/mol. The number of benzene rings is 1. The molecule has 1 aromatic rings. The van der Waals surface area contributed by atoms with Crippen LogP contribution < -0.4 is 5.32 Å². The summed E-state index contributed by atoms with van der Waals surface area (Å²) in [5, 5.41) is 3.63. The Labute approximate surface area is 112 Å². The van der Waals surface area contributed by atoms with Gasteiger partial charge in [-0.05, 0) is 25.8 Å². The van der Waals surface area contributed by atoms with Gasteiger partial charge in [0.05, 0.1) is 6.10 Å². The largest absolute Gasteiger partial charge is 0.377 e. The van der Waals surface area contributed by atoms with Crippen LogP contribution in [-0.2, 0) is 4.74 Å². The van der Waals surface area contributed by atoms with Gasteiger partial charge in [0, 0.05) is 19.2 Å². The Morgan fingerprint density at radius 2 is 1.89 bits per heavy atom. The van der Waals surface area contributed by atoms with Crippen LogP contribution in [0.1, 0.15) is 51.6 Å². The van der Waals surface area contributed by atoms with E-state index in [4.69, 9.17) is 4.74 Å². The van der Waals surface area contributed by atoms with Gasteiger partial charge in [-0.3, -0.25) is 0 Å². The average Bonchev–Trinajstić information content (AvgIpc) is 2.40. The van der Waals surface area contributed by atoms with Crippen molar-refractivity contribution in [1.29, 1.82) is 0 Å². The number of rotatable bonds is 9. The summed E-state index contributed by atoms with van der Waals surface area (Å²) in [6, 6.07) is 11.2. The molecule has 18 heavy (non-hydrogen) atoms. The minimum absolute atomic E-state index is 0.280. The second-order valence-corrected chi connectivity index (χ2v) is 4.78. The van der Waals surface area contributed by atoms with Crippen LogP contribution in [0.5, 0.6) is 0 Å². The molecule has 0 spiro atoms. The molecule has 102 valence electrons. The van der Waals surface area contributed by atoms with Crippen LogP contribution in [0.15, 0.2) is 30.3 Å². The topological polar surface area (TPSA) is 21.3 Å². The van der Waals surface area contributed by atoms with Gasteiger partial charge in [-0.1, -0.05) is 50.1 Å². The smallest absolute Gasteiger partial charge is 0.0671 e. The molecule has 0 aliphatic carbocycles. The zero-order valence-corrected chi connectivity index (χ0v) is 12.0. The molecule has 0 bridgehead atoms. The van der Waals surface area contributed by atoms with Gasteiger partial charge < -0.3 is 10.1 Å². The highest BCUT2D eigenvalue weighted by Crippen LogP contribution is 2.19. The van der Waals surface area contributed by atoms with Gasteiger partial charge in [-0.15, -0.1) is 0 Å². The molecule has 0 aliphatic rings. The van der Waals surface area contributed by atoms with Crippen LogP contribution in [0.25, 0.3) is 0 Å². The van der Waals surface area contributed by atoms with Gasteiger partial charge in [-0.2, -0.15) is 0 Å². The van der Waals surface area contributed by atoms with E-state index in [1.807, 2.05) is 6.92 Å². The van der Waals surface area contributed by atoms with E-state index in [0.717, 1.165) is 13.2 Å². The second-order valence-electron chi connectivity index (χ2n) is 4.78. The summed E-state index contributed by atoms with van der Waals surface area (Å²) >= 11 is 0. The number of nitrogens with one attached hydrogen (secondary N) is 1. The summed E-state index contributed by atoms with van der Waals surface area (Å²) in [6.07, 6.45) is 3.98. The van der Waals surface area contributed by atoms with E-state index < -0.39 is 0 Å². The molecule has 2 heteroatoms. The van der Waals surface area contributed by atoms with Crippen LogP contribution in [0.4, 0.5) is 0 Å². The molecule has 0 saturated heterocycles. The molecule has 0 fully saturated rings. The Balaban J connectivity index is 2.51. The van der Waals surface area contributed by atoms with E-state index in [0.29, 0.717) is 6.04 Å². The van der Waals surface area contributed by atoms with E-state index in [1.165, 1.54) is 24.8 Å². The van der Waals surface area contributed by atoms with Gasteiger partial charge in [0.15, 0.2) is 0 Å². The Bertz CT molecular complexity index is 299. The number of hydrogen-bond acceptors (Lipinski definition) is 2. The van der Waals surface area contributed by atoms with Crippen LogP contribution in [-0.4, -0.2) is 19.3 Å². The molecule has 1 N–H and O–H groups in total. The Kier molecular flexibility index (Phi) is 7.70. The standard InChI is InChI=1S/C16H27NO/c1-4-6-12-16(15-10-8-7-9-11-15)17-13-14(3)18-5-2/h7-11,14,16-17H,4-6,12-13H2,1-3H3. The van der Waals surface area contributed by atoms with E-state index in [-0.39, 0.29) is 6.10 Å². The zero-order valence-electron chi connectivity index (χ0n) is 12.0. The first-order valence-electron chi connectivity index (χ1n) is 7.17. The molecular formula is C16H27NO. The molecule has 1 aromatic carbocycles. The molecule has 2 atom stereocenters. The maximum atomic E-state index is 5.57. The Hall–Kier alpha value is -0.860. The van der Waals surface area contributed by atoms with E-state index >= 15 is 0 Å². The number of unbranched alkanes of at least 4 members (excludes halogenated alkanes) is 1. The van der Waals surface area contributed by atoms with Crippen molar-refractivity contribution < 1.29 is 4.74 Å². The fourth-order valence-electron chi connectivity index (χ4n) is 2.13. The summed E-state index contributed by atoms with van der Waals surface area (Å²) in [5.74, 6) is 0. The minimum Gasteiger partial charge on any atom is -0.377 e. The fourth-order valence-corrected chi connectivity index (χ4v) is 2.13. The lowest BCUT2D eigenvalue weighted by atomic mass is 10.0. The molecular weight excluding hydrogens is 222 g/mol. The first-order valence-corrected chi connectivity index (χ1v) is 7.17. The molecule has 0 saturated carbocycles. The Morgan fingerprint density at radius 3 is 2.50 bits per heavy atom. The predicted molar refractivity (Wildman–Crippen MR) is 77.8 cm³/mol. The third-order valence-electron chi connectivity index (χ3n) is 3.15. The molecule has 0 aliphatic heterocycles. The average molecular weight is 249 g/mol. The van der Waals surface area contributed by atoms with Crippen molar-refractivity contribution in [2.45, 2.75) is 52.2 Å². The van der Waals surface area contributed by atoms with Gasteiger partial charge >= 0.3 is 0 Å². The molecule has 2 unspecified atom stereocenters. The minimum atomic E-state index is 0.280. The van der Waals surface area contributed by atoms with Gasteiger partial charge in [0.25, 0.3) is 0 Å². The molecule has 2 nitrogen and oxygen atoms in total. The van der Waals surface area contributed by atoms with Crippen molar-refractivity contribution in [3.8, 4) is 0 Å². The van der Waals surface area contributed by atoms with Gasteiger partial charge in [-0.25, -0.2) is 0 Å². The van der Waals surface area contributed by atoms with Crippen molar-refractivity contribution in [2.24, 2.45) is 0 Å². The fraction of sp³-hybridized carbons (Fsp3) is 0.625. The van der Waals surface area contributed by atoms with Crippen molar-refractivity contribution in [2.75, 3.05) is 13.2 Å². The van der Waals surface area contributed by atoms with E-state index in [2.05, 4.69) is 49.5 Å². The van der Waals surface area contributed by atoms with Crippen molar-refractivity contribution in [3.63, 3.8) is 0 Å². The number of ether oxygens (including phenoxy) is 1. The van der Waals surface area contributed by atoms with Crippen LogP contribution in [0.2, 0.25) is 0 Å². The second kappa shape index (κ2) is 9.12. The molecule has 0 aromatic heterocycles. The lowest BCUT2D eigenvalue weighted by molar-refractivity contribution is 0.0736. The van der Waals surface area contributed by atoms with Crippen LogP contribution >= 0.6 is 0 Å². The highest BCUT2D eigenvalue weighted by atomic mass is 16.5. The Morgan fingerprint density at radius 1 is 1.17 bits per heavy atom. The predicted octanol–water partition coefficient (Wildman–Crippen LogP) is 3.93. The third kappa shape index (κ3) is 5.65. The summed E-state index contributed by atoms with van der Waals surface area (Å²) in [4.78, 5) is 0. The van der Waals surface area contributed by atoms with Gasteiger partial charge in [0.2, 0.25) is 0 Å². The normalized spacial score (nSPS) is 14.4. The number of hydrogen-bond donors (Lipinski definition) is 1. The van der Waals surface area contributed by atoms with Crippen molar-refractivity contribution in [1.82, 2.24) is 5.32 Å². The summed E-state index contributed by atoms with van der Waals surface area (Å²) in [7, 11) is 0. The molecule has 0 amide bonds. The highest BCUT2D eigenvalue weighted by molar-refractivity contribution is 5.18. The first-order chi connectivity index (χ1) is 8.77. The molecule has 0 radical (unpaired) electrons. The van der Waals surface area contributed by atoms with Crippen molar-refractivity contribution >= 4 is 0 Å². The maximum absolute atomic E-state index is 5.57. The first kappa shape index (κ1) is 15.2. The molecule has 0 heterocycles. The van der Waals surface area contributed by atoms with Crippen molar-refractivity contribution in [3.05, 3.63) is 35.9 Å². The summed E-state index contributed by atoms with van der Waals surface area (Å²) in [6.45, 7) is 8.11. The van der Waals surface area contributed by atoms with Crippen LogP contribution in [0, 0.1) is 0 Å². The molecule has 1 rings (SSSR count). The highest BCUT2D eigenvalue weighted by Gasteiger charge is 2.11.